The van der Waals surface area contributed by atoms with Gasteiger partial charge in [0, 0.05) is 17.5 Å². The zero-order chi connectivity index (χ0) is 15.0. The van der Waals surface area contributed by atoms with Crippen LogP contribution >= 0.6 is 11.3 Å². The third kappa shape index (κ3) is 2.36. The van der Waals surface area contributed by atoms with Gasteiger partial charge in [0.15, 0.2) is 0 Å². The lowest BCUT2D eigenvalue weighted by molar-refractivity contribution is 0.0956. The van der Waals surface area contributed by atoms with Crippen molar-refractivity contribution in [2.45, 2.75) is 20.4 Å². The number of furan rings is 1. The molecule has 7 heteroatoms. The fourth-order valence-corrected chi connectivity index (χ4v) is 3.08. The number of aromatic nitrogens is 2. The highest BCUT2D eigenvalue weighted by Crippen LogP contribution is 2.34. The number of hydrogen-bond donors (Lipinski definition) is 2. The Morgan fingerprint density at radius 1 is 1.43 bits per heavy atom. The number of carbonyl (C=O) groups excluding carboxylic acids is 1. The molecule has 0 radical (unpaired) electrons. The second-order valence-electron chi connectivity index (χ2n) is 4.75. The zero-order valence-electron chi connectivity index (χ0n) is 11.6. The predicted octanol–water partition coefficient (Wildman–Crippen LogP) is 2.41. The number of rotatable bonds is 3. The second kappa shape index (κ2) is 5.17. The van der Waals surface area contributed by atoms with E-state index in [9.17, 15) is 4.79 Å². The zero-order valence-corrected chi connectivity index (χ0v) is 12.5. The van der Waals surface area contributed by atoms with Crippen molar-refractivity contribution in [3.8, 4) is 0 Å². The van der Waals surface area contributed by atoms with Crippen LogP contribution in [0.3, 0.4) is 0 Å². The van der Waals surface area contributed by atoms with Gasteiger partial charge < -0.3 is 15.5 Å². The molecular weight excluding hydrogens is 288 g/mol. The molecule has 3 aromatic heterocycles. The van der Waals surface area contributed by atoms with E-state index in [1.165, 1.54) is 11.3 Å². The highest BCUT2D eigenvalue weighted by Gasteiger charge is 2.19. The fraction of sp³-hybridized carbons (Fsp3) is 0.214. The van der Waals surface area contributed by atoms with Gasteiger partial charge in [0.2, 0.25) is 0 Å². The molecule has 0 spiro atoms. The van der Waals surface area contributed by atoms with Crippen LogP contribution in [0.4, 0.5) is 5.69 Å². The lowest BCUT2D eigenvalue weighted by Gasteiger charge is -2.03. The van der Waals surface area contributed by atoms with Crippen molar-refractivity contribution in [2.75, 3.05) is 5.73 Å². The minimum atomic E-state index is -0.214. The van der Waals surface area contributed by atoms with Crippen molar-refractivity contribution < 1.29 is 9.21 Å². The summed E-state index contributed by atoms with van der Waals surface area (Å²) in [6, 6.07) is 1.80. The van der Waals surface area contributed by atoms with E-state index in [1.807, 2.05) is 13.8 Å². The van der Waals surface area contributed by atoms with E-state index in [0.717, 1.165) is 22.2 Å². The molecule has 0 saturated carbocycles. The number of amides is 1. The number of nitrogen functional groups attached to an aromatic ring is 1. The summed E-state index contributed by atoms with van der Waals surface area (Å²) in [7, 11) is 0. The Labute approximate surface area is 125 Å². The third-order valence-corrected chi connectivity index (χ3v) is 4.46. The maximum Gasteiger partial charge on any atom is 0.263 e. The SMILES string of the molecule is Cc1nnc2sc(C(=O)NCc3ccoc3)c(N)c2c1C. The molecule has 6 nitrogen and oxygen atoms in total. The van der Waals surface area contributed by atoms with E-state index >= 15 is 0 Å². The van der Waals surface area contributed by atoms with Gasteiger partial charge >= 0.3 is 0 Å². The number of anilines is 1. The number of fused-ring (bicyclic) bond motifs is 1. The Morgan fingerprint density at radius 3 is 2.95 bits per heavy atom. The molecule has 0 aliphatic heterocycles. The van der Waals surface area contributed by atoms with Crippen LogP contribution in [0.2, 0.25) is 0 Å². The first-order valence-corrected chi connectivity index (χ1v) is 7.20. The van der Waals surface area contributed by atoms with Crippen LogP contribution in [0.25, 0.3) is 10.2 Å². The number of aryl methyl sites for hydroxylation is 2. The smallest absolute Gasteiger partial charge is 0.263 e. The van der Waals surface area contributed by atoms with Crippen molar-refractivity contribution in [1.29, 1.82) is 0 Å². The van der Waals surface area contributed by atoms with Crippen molar-refractivity contribution in [3.05, 3.63) is 40.3 Å². The fourth-order valence-electron chi connectivity index (χ4n) is 2.07. The summed E-state index contributed by atoms with van der Waals surface area (Å²) in [4.78, 5) is 13.4. The molecule has 0 aliphatic carbocycles. The molecule has 1 amide bonds. The van der Waals surface area contributed by atoms with Gasteiger partial charge in [0.05, 0.1) is 23.9 Å². The van der Waals surface area contributed by atoms with Gasteiger partial charge in [0.25, 0.3) is 5.91 Å². The number of carbonyl (C=O) groups is 1. The molecule has 3 N–H and O–H groups in total. The van der Waals surface area contributed by atoms with E-state index in [0.29, 0.717) is 21.9 Å². The van der Waals surface area contributed by atoms with Gasteiger partial charge in [-0.3, -0.25) is 4.79 Å². The molecule has 0 fully saturated rings. The summed E-state index contributed by atoms with van der Waals surface area (Å²) in [6.07, 6.45) is 3.16. The van der Waals surface area contributed by atoms with Gasteiger partial charge in [-0.15, -0.1) is 16.4 Å². The lowest BCUT2D eigenvalue weighted by Crippen LogP contribution is -2.22. The quantitative estimate of drug-likeness (QED) is 0.775. The van der Waals surface area contributed by atoms with Crippen LogP contribution < -0.4 is 11.1 Å². The summed E-state index contributed by atoms with van der Waals surface area (Å²) in [5.74, 6) is -0.214. The highest BCUT2D eigenvalue weighted by molar-refractivity contribution is 7.21. The van der Waals surface area contributed by atoms with Crippen LogP contribution in [0.5, 0.6) is 0 Å². The Bertz CT molecular complexity index is 808. The predicted molar refractivity (Wildman–Crippen MR) is 81.2 cm³/mol. The number of thiophene rings is 1. The van der Waals surface area contributed by atoms with Crippen LogP contribution in [0, 0.1) is 13.8 Å². The first kappa shape index (κ1) is 13.6. The van der Waals surface area contributed by atoms with Crippen molar-refractivity contribution in [1.82, 2.24) is 15.5 Å². The van der Waals surface area contributed by atoms with Gasteiger partial charge in [-0.1, -0.05) is 0 Å². The summed E-state index contributed by atoms with van der Waals surface area (Å²) in [5.41, 5.74) is 9.27. The molecule has 0 bridgehead atoms. The van der Waals surface area contributed by atoms with Gasteiger partial charge in [-0.2, -0.15) is 5.10 Å². The summed E-state index contributed by atoms with van der Waals surface area (Å²) >= 11 is 1.26. The van der Waals surface area contributed by atoms with Crippen LogP contribution in [0.15, 0.2) is 23.0 Å². The van der Waals surface area contributed by atoms with Crippen molar-refractivity contribution in [3.63, 3.8) is 0 Å². The van der Waals surface area contributed by atoms with Gasteiger partial charge in [-0.25, -0.2) is 0 Å². The summed E-state index contributed by atoms with van der Waals surface area (Å²) < 4.78 is 4.96. The maximum absolute atomic E-state index is 12.3. The van der Waals surface area contributed by atoms with E-state index < -0.39 is 0 Å². The van der Waals surface area contributed by atoms with Gasteiger partial charge in [-0.05, 0) is 25.5 Å². The largest absolute Gasteiger partial charge is 0.472 e. The first-order valence-electron chi connectivity index (χ1n) is 6.39. The van der Waals surface area contributed by atoms with E-state index in [-0.39, 0.29) is 5.91 Å². The van der Waals surface area contributed by atoms with Crippen LogP contribution in [0.1, 0.15) is 26.5 Å². The Morgan fingerprint density at radius 2 is 2.24 bits per heavy atom. The lowest BCUT2D eigenvalue weighted by atomic mass is 10.1. The number of nitrogens with zero attached hydrogens (tertiary/aromatic N) is 2. The number of hydrogen-bond acceptors (Lipinski definition) is 6. The number of nitrogens with one attached hydrogen (secondary N) is 1. The van der Waals surface area contributed by atoms with Gasteiger partial charge in [0.1, 0.15) is 9.71 Å². The summed E-state index contributed by atoms with van der Waals surface area (Å²) in [6.45, 7) is 4.20. The Balaban J connectivity index is 1.91. The van der Waals surface area contributed by atoms with E-state index in [2.05, 4.69) is 15.5 Å². The molecule has 108 valence electrons. The average molecular weight is 302 g/mol. The minimum Gasteiger partial charge on any atom is -0.472 e. The maximum atomic E-state index is 12.3. The Hall–Kier alpha value is -2.41. The van der Waals surface area contributed by atoms with Crippen molar-refractivity contribution >= 4 is 33.1 Å². The van der Waals surface area contributed by atoms with Crippen molar-refractivity contribution in [2.24, 2.45) is 0 Å². The molecule has 0 atom stereocenters. The highest BCUT2D eigenvalue weighted by atomic mass is 32.1. The van der Waals surface area contributed by atoms with E-state index in [1.54, 1.807) is 18.6 Å². The molecule has 21 heavy (non-hydrogen) atoms. The molecule has 0 aromatic carbocycles. The molecule has 0 saturated heterocycles. The Kier molecular flexibility index (Phi) is 3.34. The van der Waals surface area contributed by atoms with Crippen LogP contribution in [-0.2, 0) is 6.54 Å². The second-order valence-corrected chi connectivity index (χ2v) is 5.75. The van der Waals surface area contributed by atoms with E-state index in [4.69, 9.17) is 10.2 Å². The number of nitrogens with two attached hydrogens (primary N) is 1. The minimum absolute atomic E-state index is 0.214. The molecule has 0 unspecified atom stereocenters. The monoisotopic (exact) mass is 302 g/mol. The molecule has 3 heterocycles. The first-order chi connectivity index (χ1) is 10.1. The normalized spacial score (nSPS) is 11.0. The molecular formula is C14H14N4O2S. The van der Waals surface area contributed by atoms with Crippen LogP contribution in [-0.4, -0.2) is 16.1 Å². The topological polar surface area (TPSA) is 94.0 Å². The standard InChI is InChI=1S/C14H14N4O2S/c1-7-8(2)17-18-14-10(7)11(15)12(21-14)13(19)16-5-9-3-4-20-6-9/h3-4,6H,5,15H2,1-2H3,(H,16,19). The summed E-state index contributed by atoms with van der Waals surface area (Å²) in [5, 5.41) is 11.8. The molecule has 3 rings (SSSR count). The molecule has 0 aliphatic rings. The third-order valence-electron chi connectivity index (χ3n) is 3.37. The molecule has 3 aromatic rings. The average Bonchev–Trinajstić information content (AvgIpc) is 3.09.